The summed E-state index contributed by atoms with van der Waals surface area (Å²) < 4.78 is 16.1. The van der Waals surface area contributed by atoms with Crippen molar-refractivity contribution in [3.05, 3.63) is 30.5 Å². The predicted molar refractivity (Wildman–Crippen MR) is 160 cm³/mol. The molecule has 3 rings (SSSR count). The lowest BCUT2D eigenvalue weighted by Crippen LogP contribution is -2.43. The second-order valence-corrected chi connectivity index (χ2v) is 11.5. The van der Waals surface area contributed by atoms with E-state index in [1.54, 1.807) is 26.5 Å². The number of pyridine rings is 1. The van der Waals surface area contributed by atoms with Crippen molar-refractivity contribution in [1.82, 2.24) is 25.6 Å². The number of hydrogen-bond acceptors (Lipinski definition) is 9. The van der Waals surface area contributed by atoms with Gasteiger partial charge >= 0.3 is 12.1 Å². The van der Waals surface area contributed by atoms with Crippen LogP contribution in [0.1, 0.15) is 54.4 Å². The third-order valence-corrected chi connectivity index (χ3v) is 5.51. The number of methoxy groups -OCH3 is 2. The molecule has 2 heterocycles. The van der Waals surface area contributed by atoms with Gasteiger partial charge in [-0.1, -0.05) is 0 Å². The Kier molecular flexibility index (Phi) is 10.1. The van der Waals surface area contributed by atoms with Crippen LogP contribution in [0.15, 0.2) is 30.5 Å². The van der Waals surface area contributed by atoms with Crippen molar-refractivity contribution >= 4 is 34.9 Å². The SMILES string of the molecule is COc1cc(OC)cc(-c2cc3cnc(NCCCCNC(=O)OC(C)(C)C)nc3nc2NC(=O)NC(C)(C)C)c1. The maximum Gasteiger partial charge on any atom is 0.407 e. The van der Waals surface area contributed by atoms with E-state index < -0.39 is 23.3 Å². The van der Waals surface area contributed by atoms with Gasteiger partial charge in [-0.05, 0) is 78.1 Å². The van der Waals surface area contributed by atoms with Crippen molar-refractivity contribution in [3.63, 3.8) is 0 Å². The predicted octanol–water partition coefficient (Wildman–Crippen LogP) is 5.35. The van der Waals surface area contributed by atoms with Crippen molar-refractivity contribution in [2.75, 3.05) is 37.9 Å². The molecule has 3 amide bonds. The average molecular weight is 568 g/mol. The number of fused-ring (bicyclic) bond motifs is 1. The van der Waals surface area contributed by atoms with Gasteiger partial charge in [0.15, 0.2) is 5.65 Å². The molecule has 12 heteroatoms. The smallest absolute Gasteiger partial charge is 0.407 e. The molecule has 0 saturated carbocycles. The number of carbonyl (C=O) groups is 2. The monoisotopic (exact) mass is 567 g/mol. The highest BCUT2D eigenvalue weighted by molar-refractivity contribution is 5.96. The van der Waals surface area contributed by atoms with E-state index in [9.17, 15) is 9.59 Å². The first kappa shape index (κ1) is 31.2. The number of carbonyl (C=O) groups excluding carboxylic acids is 2. The lowest BCUT2D eigenvalue weighted by Gasteiger charge is -2.21. The molecule has 0 fully saturated rings. The summed E-state index contributed by atoms with van der Waals surface area (Å²) in [5, 5.41) is 12.4. The number of aromatic nitrogens is 3. The molecule has 0 atom stereocenters. The van der Waals surface area contributed by atoms with Gasteiger partial charge in [-0.2, -0.15) is 4.98 Å². The molecule has 0 aliphatic rings. The summed E-state index contributed by atoms with van der Waals surface area (Å²) in [5.41, 5.74) is 0.839. The van der Waals surface area contributed by atoms with Crippen LogP contribution in [0.3, 0.4) is 0 Å². The fourth-order valence-electron chi connectivity index (χ4n) is 3.76. The van der Waals surface area contributed by atoms with Crippen LogP contribution in [0.25, 0.3) is 22.2 Å². The summed E-state index contributed by atoms with van der Waals surface area (Å²) in [6, 6.07) is 6.92. The van der Waals surface area contributed by atoms with E-state index in [1.807, 2.05) is 59.7 Å². The summed E-state index contributed by atoms with van der Waals surface area (Å²) >= 11 is 0. The second kappa shape index (κ2) is 13.3. The lowest BCUT2D eigenvalue weighted by molar-refractivity contribution is 0.0527. The number of nitrogens with one attached hydrogen (secondary N) is 4. The highest BCUT2D eigenvalue weighted by atomic mass is 16.6. The number of nitrogens with zero attached hydrogens (tertiary/aromatic N) is 3. The number of rotatable bonds is 10. The quantitative estimate of drug-likeness (QED) is 0.238. The van der Waals surface area contributed by atoms with Crippen LogP contribution in [-0.4, -0.2) is 65.5 Å². The standard InChI is InChI=1S/C29H41N7O5/c1-28(2,3)36-26(37)35-24-22(18-13-20(39-7)16-21(14-18)40-8)15-19-17-32-25(34-23(19)33-24)30-11-9-10-12-31-27(38)41-29(4,5)6/h13-17H,9-12H2,1-8H3,(H,31,38)(H3,30,32,33,34,35,36,37). The van der Waals surface area contributed by atoms with E-state index in [0.29, 0.717) is 53.0 Å². The maximum atomic E-state index is 12.8. The van der Waals surface area contributed by atoms with Crippen LogP contribution in [0, 0.1) is 0 Å². The molecule has 0 unspecified atom stereocenters. The topological polar surface area (TPSA) is 149 Å². The Morgan fingerprint density at radius 2 is 1.54 bits per heavy atom. The Balaban J connectivity index is 1.79. The third-order valence-electron chi connectivity index (χ3n) is 5.51. The van der Waals surface area contributed by atoms with Crippen molar-refractivity contribution in [2.45, 2.75) is 65.5 Å². The minimum Gasteiger partial charge on any atom is -0.497 e. The van der Waals surface area contributed by atoms with Crippen LogP contribution in [0.5, 0.6) is 11.5 Å². The van der Waals surface area contributed by atoms with Crippen LogP contribution in [0.2, 0.25) is 0 Å². The van der Waals surface area contributed by atoms with Crippen LogP contribution in [0.4, 0.5) is 21.4 Å². The fraction of sp³-hybridized carbons (Fsp3) is 0.483. The number of anilines is 2. The van der Waals surface area contributed by atoms with Crippen molar-refractivity contribution in [1.29, 1.82) is 0 Å². The first-order valence-electron chi connectivity index (χ1n) is 13.5. The summed E-state index contributed by atoms with van der Waals surface area (Å²) in [7, 11) is 3.15. The van der Waals surface area contributed by atoms with Crippen LogP contribution in [-0.2, 0) is 4.74 Å². The number of ether oxygens (including phenoxy) is 3. The van der Waals surface area contributed by atoms with E-state index in [2.05, 4.69) is 31.2 Å². The van der Waals surface area contributed by atoms with E-state index >= 15 is 0 Å². The average Bonchev–Trinajstić information content (AvgIpc) is 2.87. The van der Waals surface area contributed by atoms with Crippen LogP contribution < -0.4 is 30.7 Å². The molecule has 3 aromatic rings. The number of alkyl carbamates (subject to hydrolysis) is 1. The van der Waals surface area contributed by atoms with Gasteiger partial charge in [-0.15, -0.1) is 0 Å². The van der Waals surface area contributed by atoms with Crippen LogP contribution >= 0.6 is 0 Å². The molecule has 4 N–H and O–H groups in total. The molecular formula is C29H41N7O5. The van der Waals surface area contributed by atoms with E-state index in [0.717, 1.165) is 18.4 Å². The summed E-state index contributed by atoms with van der Waals surface area (Å²) in [6.45, 7) is 12.3. The molecule has 0 bridgehead atoms. The fourth-order valence-corrected chi connectivity index (χ4v) is 3.76. The first-order valence-corrected chi connectivity index (χ1v) is 13.5. The van der Waals surface area contributed by atoms with Crippen molar-refractivity contribution in [2.24, 2.45) is 0 Å². The molecule has 41 heavy (non-hydrogen) atoms. The lowest BCUT2D eigenvalue weighted by atomic mass is 10.0. The summed E-state index contributed by atoms with van der Waals surface area (Å²) in [5.74, 6) is 1.93. The van der Waals surface area contributed by atoms with E-state index in [4.69, 9.17) is 19.2 Å². The first-order chi connectivity index (χ1) is 19.3. The van der Waals surface area contributed by atoms with Gasteiger partial charge < -0.3 is 30.2 Å². The number of benzene rings is 1. The Morgan fingerprint density at radius 3 is 2.15 bits per heavy atom. The Hall–Kier alpha value is -4.35. The highest BCUT2D eigenvalue weighted by Gasteiger charge is 2.19. The van der Waals surface area contributed by atoms with Crippen molar-refractivity contribution in [3.8, 4) is 22.6 Å². The molecule has 12 nitrogen and oxygen atoms in total. The number of hydrogen-bond donors (Lipinski definition) is 4. The minimum atomic E-state index is -0.527. The van der Waals surface area contributed by atoms with Gasteiger partial charge in [0.1, 0.15) is 22.9 Å². The third kappa shape index (κ3) is 9.96. The van der Waals surface area contributed by atoms with Gasteiger partial charge in [0.25, 0.3) is 0 Å². The molecule has 1 aromatic carbocycles. The zero-order valence-electron chi connectivity index (χ0n) is 25.1. The normalized spacial score (nSPS) is 11.5. The van der Waals surface area contributed by atoms with Gasteiger partial charge in [0.05, 0.1) is 14.2 Å². The molecule has 2 aromatic heterocycles. The van der Waals surface area contributed by atoms with E-state index in [1.165, 1.54) is 0 Å². The largest absolute Gasteiger partial charge is 0.497 e. The molecule has 222 valence electrons. The maximum absolute atomic E-state index is 12.8. The number of amides is 3. The van der Waals surface area contributed by atoms with Gasteiger partial charge in [-0.3, -0.25) is 5.32 Å². The Bertz CT molecular complexity index is 1340. The number of urea groups is 1. The number of unbranched alkanes of at least 4 members (excludes halogenated alkanes) is 1. The Labute approximate surface area is 241 Å². The molecule has 0 radical (unpaired) electrons. The summed E-state index contributed by atoms with van der Waals surface area (Å²) in [4.78, 5) is 38.3. The zero-order valence-corrected chi connectivity index (χ0v) is 25.1. The van der Waals surface area contributed by atoms with Gasteiger partial charge in [-0.25, -0.2) is 19.6 Å². The Morgan fingerprint density at radius 1 is 0.878 bits per heavy atom. The molecule has 0 aliphatic carbocycles. The van der Waals surface area contributed by atoms with Gasteiger partial charge in [0.2, 0.25) is 5.95 Å². The van der Waals surface area contributed by atoms with Crippen molar-refractivity contribution < 1.29 is 23.8 Å². The molecule has 0 saturated heterocycles. The molecule has 0 aliphatic heterocycles. The minimum absolute atomic E-state index is 0.326. The van der Waals surface area contributed by atoms with Gasteiger partial charge in [0, 0.05) is 41.8 Å². The molecular weight excluding hydrogens is 526 g/mol. The second-order valence-electron chi connectivity index (χ2n) is 11.5. The highest BCUT2D eigenvalue weighted by Crippen LogP contribution is 2.35. The summed E-state index contributed by atoms with van der Waals surface area (Å²) in [6.07, 6.45) is 2.78. The molecule has 0 spiro atoms. The zero-order chi connectivity index (χ0) is 30.2. The van der Waals surface area contributed by atoms with E-state index in [-0.39, 0.29) is 0 Å².